The highest BCUT2D eigenvalue weighted by atomic mass is 16.6. The molecule has 0 aliphatic rings. The van der Waals surface area contributed by atoms with E-state index in [1.165, 1.54) is 10.9 Å². The number of imidazole rings is 1. The molecule has 2 heterocycles. The van der Waals surface area contributed by atoms with Gasteiger partial charge in [-0.1, -0.05) is 18.2 Å². The first-order chi connectivity index (χ1) is 9.83. The van der Waals surface area contributed by atoms with E-state index in [0.717, 1.165) is 5.56 Å². The summed E-state index contributed by atoms with van der Waals surface area (Å²) in [7, 11) is 0. The summed E-state index contributed by atoms with van der Waals surface area (Å²) in [6.07, 6.45) is 5.91. The normalized spacial score (nSPS) is 10.2. The van der Waals surface area contributed by atoms with Crippen molar-refractivity contribution in [2.75, 3.05) is 0 Å². The number of benzene rings is 1. The maximum absolute atomic E-state index is 11.9. The number of rotatable bonds is 2. The molecule has 0 unspecified atom stereocenters. The van der Waals surface area contributed by atoms with Gasteiger partial charge < -0.3 is 4.74 Å². The summed E-state index contributed by atoms with van der Waals surface area (Å²) in [5.74, 6) is 0.495. The quantitative estimate of drug-likeness (QED) is 0.714. The highest BCUT2D eigenvalue weighted by Crippen LogP contribution is 2.15. The second-order valence-corrected chi connectivity index (χ2v) is 4.09. The fraction of sp³-hybridized carbons (Fsp3) is 0. The Kier molecular flexibility index (Phi) is 3.24. The summed E-state index contributed by atoms with van der Waals surface area (Å²) in [6, 6.07) is 12.6. The van der Waals surface area contributed by atoms with Crippen LogP contribution in [0.2, 0.25) is 0 Å². The average molecular weight is 265 g/mol. The van der Waals surface area contributed by atoms with Crippen molar-refractivity contribution in [1.29, 1.82) is 0 Å². The van der Waals surface area contributed by atoms with E-state index < -0.39 is 6.09 Å². The summed E-state index contributed by atoms with van der Waals surface area (Å²) >= 11 is 0. The van der Waals surface area contributed by atoms with Crippen molar-refractivity contribution in [2.45, 2.75) is 0 Å². The average Bonchev–Trinajstić information content (AvgIpc) is 2.99. The van der Waals surface area contributed by atoms with Crippen LogP contribution in [0.15, 0.2) is 67.4 Å². The van der Waals surface area contributed by atoms with Gasteiger partial charge in [-0.15, -0.1) is 0 Å². The van der Waals surface area contributed by atoms with Gasteiger partial charge in [-0.25, -0.2) is 14.3 Å². The summed E-state index contributed by atoms with van der Waals surface area (Å²) in [5, 5.41) is 0. The van der Waals surface area contributed by atoms with Gasteiger partial charge in [-0.2, -0.15) is 0 Å². The first-order valence-corrected chi connectivity index (χ1v) is 6.04. The molecule has 2 aromatic heterocycles. The molecule has 1 aromatic carbocycles. The van der Waals surface area contributed by atoms with E-state index in [1.807, 2.05) is 18.2 Å². The predicted octanol–water partition coefficient (Wildman–Crippen LogP) is 2.99. The van der Waals surface area contributed by atoms with Crippen LogP contribution in [-0.2, 0) is 0 Å². The molecule has 0 atom stereocenters. The lowest BCUT2D eigenvalue weighted by atomic mass is 10.2. The van der Waals surface area contributed by atoms with Crippen LogP contribution >= 0.6 is 0 Å². The number of ether oxygens (including phenoxy) is 1. The fourth-order valence-corrected chi connectivity index (χ4v) is 1.73. The lowest BCUT2D eigenvalue weighted by molar-refractivity contribution is 0.202. The molecule has 98 valence electrons. The SMILES string of the molecule is O=C(Oc1ccccc1)n1cnc(-c2cccnc2)c1. The van der Waals surface area contributed by atoms with Gasteiger partial charge in [-0.05, 0) is 24.3 Å². The summed E-state index contributed by atoms with van der Waals surface area (Å²) in [5.41, 5.74) is 1.52. The minimum atomic E-state index is -0.501. The minimum Gasteiger partial charge on any atom is -0.410 e. The third kappa shape index (κ3) is 2.56. The van der Waals surface area contributed by atoms with E-state index in [4.69, 9.17) is 4.74 Å². The second kappa shape index (κ2) is 5.36. The lowest BCUT2D eigenvalue weighted by Gasteiger charge is -2.03. The Labute approximate surface area is 115 Å². The zero-order valence-electron chi connectivity index (χ0n) is 10.5. The van der Waals surface area contributed by atoms with Crippen molar-refractivity contribution in [2.24, 2.45) is 0 Å². The van der Waals surface area contributed by atoms with Crippen molar-refractivity contribution >= 4 is 6.09 Å². The first kappa shape index (κ1) is 12.1. The van der Waals surface area contributed by atoms with Gasteiger partial charge in [0.05, 0.1) is 5.69 Å². The number of hydrogen-bond donors (Lipinski definition) is 0. The van der Waals surface area contributed by atoms with Gasteiger partial charge in [-0.3, -0.25) is 4.98 Å². The number of pyridine rings is 1. The summed E-state index contributed by atoms with van der Waals surface area (Å²) in [6.45, 7) is 0. The number of carbonyl (C=O) groups excluding carboxylic acids is 1. The highest BCUT2D eigenvalue weighted by molar-refractivity contribution is 5.74. The molecule has 0 N–H and O–H groups in total. The van der Waals surface area contributed by atoms with E-state index in [0.29, 0.717) is 11.4 Å². The Morgan fingerprint density at radius 1 is 1.10 bits per heavy atom. The third-order valence-corrected chi connectivity index (χ3v) is 2.70. The molecule has 0 radical (unpaired) electrons. The molecule has 0 aliphatic carbocycles. The first-order valence-electron chi connectivity index (χ1n) is 6.04. The number of para-hydroxylation sites is 1. The molecule has 3 rings (SSSR count). The van der Waals surface area contributed by atoms with Gasteiger partial charge in [0.1, 0.15) is 12.1 Å². The number of nitrogens with zero attached hydrogens (tertiary/aromatic N) is 3. The standard InChI is InChI=1S/C15H11N3O2/c19-15(20-13-6-2-1-3-7-13)18-10-14(17-11-18)12-5-4-8-16-9-12/h1-11H. The number of hydrogen-bond acceptors (Lipinski definition) is 4. The molecule has 0 bridgehead atoms. The van der Waals surface area contributed by atoms with Gasteiger partial charge in [0, 0.05) is 24.2 Å². The van der Waals surface area contributed by atoms with Gasteiger partial charge >= 0.3 is 6.09 Å². The monoisotopic (exact) mass is 265 g/mol. The Bertz CT molecular complexity index is 708. The van der Waals surface area contributed by atoms with Crippen molar-refractivity contribution in [3.63, 3.8) is 0 Å². The van der Waals surface area contributed by atoms with E-state index in [1.54, 1.807) is 42.9 Å². The zero-order valence-corrected chi connectivity index (χ0v) is 10.5. The molecule has 5 heteroatoms. The largest absolute Gasteiger partial charge is 0.424 e. The molecule has 0 aliphatic heterocycles. The smallest absolute Gasteiger partial charge is 0.410 e. The van der Waals surface area contributed by atoms with Gasteiger partial charge in [0.25, 0.3) is 0 Å². The second-order valence-electron chi connectivity index (χ2n) is 4.09. The fourth-order valence-electron chi connectivity index (χ4n) is 1.73. The van der Waals surface area contributed by atoms with Crippen LogP contribution in [0.1, 0.15) is 0 Å². The number of aromatic nitrogens is 3. The Morgan fingerprint density at radius 3 is 2.70 bits per heavy atom. The summed E-state index contributed by atoms with van der Waals surface area (Å²) in [4.78, 5) is 20.1. The molecule has 0 saturated heterocycles. The number of carbonyl (C=O) groups is 1. The summed E-state index contributed by atoms with van der Waals surface area (Å²) < 4.78 is 6.52. The highest BCUT2D eigenvalue weighted by Gasteiger charge is 2.10. The topological polar surface area (TPSA) is 57.0 Å². The van der Waals surface area contributed by atoms with Crippen LogP contribution in [0.4, 0.5) is 4.79 Å². The zero-order chi connectivity index (χ0) is 13.8. The van der Waals surface area contributed by atoms with E-state index >= 15 is 0 Å². The van der Waals surface area contributed by atoms with Crippen LogP contribution in [0.5, 0.6) is 5.75 Å². The maximum Gasteiger partial charge on any atom is 0.424 e. The molecular weight excluding hydrogens is 254 g/mol. The molecule has 0 amide bonds. The Hall–Kier alpha value is -2.95. The van der Waals surface area contributed by atoms with Crippen molar-refractivity contribution in [1.82, 2.24) is 14.5 Å². The van der Waals surface area contributed by atoms with Crippen LogP contribution < -0.4 is 4.74 Å². The molecule has 3 aromatic rings. The molecular formula is C15H11N3O2. The van der Waals surface area contributed by atoms with Crippen LogP contribution in [0.3, 0.4) is 0 Å². The van der Waals surface area contributed by atoms with E-state index in [9.17, 15) is 4.79 Å². The van der Waals surface area contributed by atoms with Crippen molar-refractivity contribution in [3.05, 3.63) is 67.4 Å². The van der Waals surface area contributed by atoms with Crippen molar-refractivity contribution < 1.29 is 9.53 Å². The molecule has 20 heavy (non-hydrogen) atoms. The maximum atomic E-state index is 11.9. The lowest BCUT2D eigenvalue weighted by Crippen LogP contribution is -2.14. The van der Waals surface area contributed by atoms with Gasteiger partial charge in [0.15, 0.2) is 0 Å². The van der Waals surface area contributed by atoms with E-state index in [2.05, 4.69) is 9.97 Å². The van der Waals surface area contributed by atoms with Gasteiger partial charge in [0.2, 0.25) is 0 Å². The third-order valence-electron chi connectivity index (χ3n) is 2.70. The van der Waals surface area contributed by atoms with Crippen LogP contribution in [0.25, 0.3) is 11.3 Å². The Morgan fingerprint density at radius 2 is 1.95 bits per heavy atom. The molecule has 0 spiro atoms. The predicted molar refractivity (Wildman–Crippen MR) is 73.3 cm³/mol. The van der Waals surface area contributed by atoms with Crippen LogP contribution in [-0.4, -0.2) is 20.6 Å². The molecule has 0 saturated carbocycles. The van der Waals surface area contributed by atoms with E-state index in [-0.39, 0.29) is 0 Å². The molecule has 0 fully saturated rings. The van der Waals surface area contributed by atoms with Crippen LogP contribution in [0, 0.1) is 0 Å². The van der Waals surface area contributed by atoms with Crippen molar-refractivity contribution in [3.8, 4) is 17.0 Å². The Balaban J connectivity index is 1.79. The molecule has 5 nitrogen and oxygen atoms in total. The minimum absolute atomic E-state index is 0.495.